The lowest BCUT2D eigenvalue weighted by Crippen LogP contribution is -2.35. The van der Waals surface area contributed by atoms with Crippen LogP contribution < -0.4 is 10.2 Å². The average Bonchev–Trinajstić information content (AvgIpc) is 2.67. The number of ketones is 1. The topological polar surface area (TPSA) is 49.4 Å². The molecule has 0 saturated heterocycles. The number of nitrogens with zero attached hydrogens (tertiary/aromatic N) is 1. The largest absolute Gasteiger partial charge is 0.311 e. The van der Waals surface area contributed by atoms with Crippen molar-refractivity contribution in [3.63, 3.8) is 0 Å². The highest BCUT2D eigenvalue weighted by Gasteiger charge is 2.38. The lowest BCUT2D eigenvalue weighted by atomic mass is 10.0. The molecule has 4 nitrogen and oxygen atoms in total. The van der Waals surface area contributed by atoms with Gasteiger partial charge < -0.3 is 10.2 Å². The van der Waals surface area contributed by atoms with Crippen molar-refractivity contribution in [3.05, 3.63) is 41.0 Å². The van der Waals surface area contributed by atoms with E-state index >= 15 is 0 Å². The summed E-state index contributed by atoms with van der Waals surface area (Å²) < 4.78 is 0. The molecule has 1 aromatic carbocycles. The van der Waals surface area contributed by atoms with E-state index in [4.69, 9.17) is 0 Å². The molecule has 1 aromatic rings. The molecule has 0 aliphatic carbocycles. The number of nitrogens with one attached hydrogen (secondary N) is 1. The molecule has 1 aliphatic rings. The Kier molecular flexibility index (Phi) is 4.28. The van der Waals surface area contributed by atoms with Gasteiger partial charge in [0.25, 0.3) is 11.7 Å². The van der Waals surface area contributed by atoms with Gasteiger partial charge in [0.1, 0.15) is 0 Å². The van der Waals surface area contributed by atoms with Crippen LogP contribution in [-0.2, 0) is 4.79 Å². The molecule has 0 radical (unpaired) electrons. The maximum atomic E-state index is 12.3. The van der Waals surface area contributed by atoms with Crippen molar-refractivity contribution < 1.29 is 9.59 Å². The standard InChI is InChI=1S/C17H22N2O2/c1-10(2)18-8-11(3)9-19-15-13(5)7-6-12(4)14(15)16(20)17(19)21/h6-7,10,18H,3,8-9H2,1-2,4-5H3. The Hall–Kier alpha value is -1.94. The first kappa shape index (κ1) is 15.4. The molecule has 0 aromatic heterocycles. The van der Waals surface area contributed by atoms with Crippen LogP contribution >= 0.6 is 0 Å². The number of Topliss-reactive ketones (excluding diaryl/α,β-unsaturated/α-hetero) is 1. The third-order valence-corrected chi connectivity index (χ3v) is 3.67. The second kappa shape index (κ2) is 5.82. The molecule has 0 spiro atoms. The van der Waals surface area contributed by atoms with Gasteiger partial charge in [0.15, 0.2) is 0 Å². The predicted octanol–water partition coefficient (Wildman–Crippen LogP) is 2.39. The third-order valence-electron chi connectivity index (χ3n) is 3.67. The monoisotopic (exact) mass is 286 g/mol. The molecule has 1 heterocycles. The molecule has 0 unspecified atom stereocenters. The van der Waals surface area contributed by atoms with Crippen molar-refractivity contribution in [3.8, 4) is 0 Å². The third kappa shape index (κ3) is 2.90. The van der Waals surface area contributed by atoms with Crippen LogP contribution in [0.1, 0.15) is 35.3 Å². The van der Waals surface area contributed by atoms with E-state index in [0.717, 1.165) is 22.4 Å². The van der Waals surface area contributed by atoms with Crippen molar-refractivity contribution in [2.75, 3.05) is 18.0 Å². The number of aryl methyl sites for hydroxylation is 2. The molecular formula is C17H22N2O2. The fraction of sp³-hybridized carbons (Fsp3) is 0.412. The van der Waals surface area contributed by atoms with Gasteiger partial charge in [-0.1, -0.05) is 32.6 Å². The van der Waals surface area contributed by atoms with Crippen LogP contribution in [0.5, 0.6) is 0 Å². The van der Waals surface area contributed by atoms with Gasteiger partial charge in [0, 0.05) is 19.1 Å². The first-order chi connectivity index (χ1) is 9.82. The second-order valence-electron chi connectivity index (χ2n) is 5.93. The van der Waals surface area contributed by atoms with Crippen LogP contribution in [0.4, 0.5) is 5.69 Å². The van der Waals surface area contributed by atoms with Crippen LogP contribution in [0.3, 0.4) is 0 Å². The van der Waals surface area contributed by atoms with E-state index in [1.807, 2.05) is 26.0 Å². The molecule has 0 atom stereocenters. The zero-order valence-corrected chi connectivity index (χ0v) is 13.1. The SMILES string of the molecule is C=C(CNC(C)C)CN1C(=O)C(=O)c2c(C)ccc(C)c21. The van der Waals surface area contributed by atoms with Crippen molar-refractivity contribution in [1.82, 2.24) is 5.32 Å². The minimum Gasteiger partial charge on any atom is -0.311 e. The minimum atomic E-state index is -0.451. The Balaban J connectivity index is 2.27. The number of hydrogen-bond acceptors (Lipinski definition) is 3. The number of amides is 1. The number of anilines is 1. The van der Waals surface area contributed by atoms with E-state index in [0.29, 0.717) is 24.7 Å². The van der Waals surface area contributed by atoms with E-state index < -0.39 is 11.7 Å². The normalized spacial score (nSPS) is 14.0. The van der Waals surface area contributed by atoms with Gasteiger partial charge in [0.2, 0.25) is 0 Å². The fourth-order valence-electron chi connectivity index (χ4n) is 2.54. The van der Waals surface area contributed by atoms with E-state index in [9.17, 15) is 9.59 Å². The molecule has 0 fully saturated rings. The predicted molar refractivity (Wildman–Crippen MR) is 84.9 cm³/mol. The summed E-state index contributed by atoms with van der Waals surface area (Å²) in [6.45, 7) is 12.9. The highest BCUT2D eigenvalue weighted by Crippen LogP contribution is 2.34. The van der Waals surface area contributed by atoms with E-state index in [1.165, 1.54) is 0 Å². The number of rotatable bonds is 5. The summed E-state index contributed by atoms with van der Waals surface area (Å²) in [6.07, 6.45) is 0. The van der Waals surface area contributed by atoms with Crippen molar-refractivity contribution in [2.24, 2.45) is 0 Å². The summed E-state index contributed by atoms with van der Waals surface area (Å²) in [6, 6.07) is 4.19. The summed E-state index contributed by atoms with van der Waals surface area (Å²) in [5.74, 6) is -0.857. The minimum absolute atomic E-state index is 0.355. The van der Waals surface area contributed by atoms with Gasteiger partial charge >= 0.3 is 0 Å². The molecule has 4 heteroatoms. The van der Waals surface area contributed by atoms with Crippen LogP contribution in [0.15, 0.2) is 24.3 Å². The summed E-state index contributed by atoms with van der Waals surface area (Å²) in [7, 11) is 0. The zero-order valence-electron chi connectivity index (χ0n) is 13.1. The smallest absolute Gasteiger partial charge is 0.299 e. The average molecular weight is 286 g/mol. The molecule has 1 N–H and O–H groups in total. The molecule has 1 aliphatic heterocycles. The molecule has 21 heavy (non-hydrogen) atoms. The maximum absolute atomic E-state index is 12.3. The highest BCUT2D eigenvalue weighted by molar-refractivity contribution is 6.52. The first-order valence-corrected chi connectivity index (χ1v) is 7.19. The summed E-state index contributed by atoms with van der Waals surface area (Å²) in [4.78, 5) is 26.0. The summed E-state index contributed by atoms with van der Waals surface area (Å²) in [5.41, 5.74) is 3.97. The van der Waals surface area contributed by atoms with Gasteiger partial charge in [-0.25, -0.2) is 0 Å². The number of fused-ring (bicyclic) bond motifs is 1. The number of carbonyl (C=O) groups is 2. The van der Waals surface area contributed by atoms with Crippen LogP contribution in [0, 0.1) is 13.8 Å². The maximum Gasteiger partial charge on any atom is 0.299 e. The lowest BCUT2D eigenvalue weighted by molar-refractivity contribution is -0.114. The highest BCUT2D eigenvalue weighted by atomic mass is 16.2. The Morgan fingerprint density at radius 3 is 2.48 bits per heavy atom. The molecule has 112 valence electrons. The Morgan fingerprint density at radius 1 is 1.24 bits per heavy atom. The van der Waals surface area contributed by atoms with Crippen molar-refractivity contribution >= 4 is 17.4 Å². The molecular weight excluding hydrogens is 264 g/mol. The van der Waals surface area contributed by atoms with Crippen LogP contribution in [-0.4, -0.2) is 30.8 Å². The van der Waals surface area contributed by atoms with Crippen molar-refractivity contribution in [1.29, 1.82) is 0 Å². The van der Waals surface area contributed by atoms with Gasteiger partial charge in [-0.05, 0) is 30.5 Å². The van der Waals surface area contributed by atoms with Gasteiger partial charge in [-0.2, -0.15) is 0 Å². The summed E-state index contributed by atoms with van der Waals surface area (Å²) >= 11 is 0. The zero-order chi connectivity index (χ0) is 15.7. The Labute approximate surface area is 125 Å². The van der Waals surface area contributed by atoms with Gasteiger partial charge in [-0.3, -0.25) is 9.59 Å². The molecule has 1 amide bonds. The summed E-state index contributed by atoms with van der Waals surface area (Å²) in [5, 5.41) is 3.27. The van der Waals surface area contributed by atoms with Crippen LogP contribution in [0.2, 0.25) is 0 Å². The van der Waals surface area contributed by atoms with Gasteiger partial charge in [0.05, 0.1) is 11.3 Å². The fourth-order valence-corrected chi connectivity index (χ4v) is 2.54. The Morgan fingerprint density at radius 2 is 1.86 bits per heavy atom. The quantitative estimate of drug-likeness (QED) is 0.668. The first-order valence-electron chi connectivity index (χ1n) is 7.19. The number of carbonyl (C=O) groups excluding carboxylic acids is 2. The van der Waals surface area contributed by atoms with E-state index in [-0.39, 0.29) is 0 Å². The van der Waals surface area contributed by atoms with Crippen molar-refractivity contribution in [2.45, 2.75) is 33.7 Å². The second-order valence-corrected chi connectivity index (χ2v) is 5.93. The van der Waals surface area contributed by atoms with Gasteiger partial charge in [-0.15, -0.1) is 0 Å². The molecule has 2 rings (SSSR count). The van der Waals surface area contributed by atoms with E-state index in [2.05, 4.69) is 25.7 Å². The molecule has 0 saturated carbocycles. The number of hydrogen-bond donors (Lipinski definition) is 1. The number of benzene rings is 1. The van der Waals surface area contributed by atoms with E-state index in [1.54, 1.807) is 4.90 Å². The Bertz CT molecular complexity index is 617. The van der Waals surface area contributed by atoms with Crippen LogP contribution in [0.25, 0.3) is 0 Å². The lowest BCUT2D eigenvalue weighted by Gasteiger charge is -2.21. The molecule has 0 bridgehead atoms.